The van der Waals surface area contributed by atoms with Gasteiger partial charge >= 0.3 is 0 Å². The van der Waals surface area contributed by atoms with Gasteiger partial charge in [0.1, 0.15) is 11.0 Å². The number of fused-ring (bicyclic) bond motifs is 3. The monoisotopic (exact) mass is 306 g/mol. The van der Waals surface area contributed by atoms with Crippen LogP contribution in [0.25, 0.3) is 16.7 Å². The van der Waals surface area contributed by atoms with Crippen molar-refractivity contribution in [3.8, 4) is 5.69 Å². The molecule has 1 aromatic heterocycles. The van der Waals surface area contributed by atoms with Gasteiger partial charge in [-0.3, -0.25) is 4.79 Å². The van der Waals surface area contributed by atoms with Gasteiger partial charge in [0.2, 0.25) is 5.91 Å². The van der Waals surface area contributed by atoms with Crippen molar-refractivity contribution in [2.24, 2.45) is 5.92 Å². The average molecular weight is 306 g/mol. The van der Waals surface area contributed by atoms with Gasteiger partial charge in [-0.25, -0.2) is 0 Å². The Morgan fingerprint density at radius 2 is 1.91 bits per heavy atom. The predicted octanol–water partition coefficient (Wildman–Crippen LogP) is 3.50. The summed E-state index contributed by atoms with van der Waals surface area (Å²) in [5.74, 6) is 0.613. The third-order valence-corrected chi connectivity index (χ3v) is 4.44. The first-order valence-electron chi connectivity index (χ1n) is 7.88. The molecule has 5 heteroatoms. The topological polar surface area (TPSA) is 59.8 Å². The normalized spacial score (nSPS) is 17.3. The molecular formula is C18H18N4O. The van der Waals surface area contributed by atoms with E-state index < -0.39 is 0 Å². The molecule has 0 bridgehead atoms. The predicted molar refractivity (Wildman–Crippen MR) is 89.7 cm³/mol. The number of hydrogen-bond acceptors (Lipinski definition) is 3. The van der Waals surface area contributed by atoms with Gasteiger partial charge in [0.05, 0.1) is 5.69 Å². The van der Waals surface area contributed by atoms with Crippen molar-refractivity contribution in [3.63, 3.8) is 0 Å². The highest BCUT2D eigenvalue weighted by atomic mass is 16.1. The largest absolute Gasteiger partial charge is 0.326 e. The van der Waals surface area contributed by atoms with E-state index in [-0.39, 0.29) is 11.8 Å². The SMILES string of the molecule is CC(C)[C@H]1CC(=O)Nc2ccc3nn(-c4ccccc4)nc3c21. The molecule has 0 radical (unpaired) electrons. The van der Waals surface area contributed by atoms with Crippen LogP contribution in [0.3, 0.4) is 0 Å². The van der Waals surface area contributed by atoms with E-state index in [2.05, 4.69) is 24.3 Å². The molecule has 0 spiro atoms. The molecule has 3 aromatic rings. The Morgan fingerprint density at radius 1 is 1.13 bits per heavy atom. The van der Waals surface area contributed by atoms with Crippen LogP contribution in [0, 0.1) is 5.92 Å². The standard InChI is InChI=1S/C18H18N4O/c1-11(2)13-10-16(23)19-14-8-9-15-18(17(13)14)21-22(20-15)12-6-4-3-5-7-12/h3-9,11,13H,10H2,1-2H3,(H,19,23)/t13-/m1/s1. The molecular weight excluding hydrogens is 288 g/mol. The van der Waals surface area contributed by atoms with E-state index in [1.54, 1.807) is 4.80 Å². The fraction of sp³-hybridized carbons (Fsp3) is 0.278. The number of hydrogen-bond donors (Lipinski definition) is 1. The molecule has 0 aliphatic carbocycles. The van der Waals surface area contributed by atoms with Gasteiger partial charge in [0.15, 0.2) is 0 Å². The summed E-state index contributed by atoms with van der Waals surface area (Å²) in [7, 11) is 0. The molecule has 1 aliphatic rings. The quantitative estimate of drug-likeness (QED) is 0.788. The number of carbonyl (C=O) groups is 1. The first-order chi connectivity index (χ1) is 11.1. The molecule has 1 amide bonds. The Hall–Kier alpha value is -2.69. The molecule has 23 heavy (non-hydrogen) atoms. The van der Waals surface area contributed by atoms with Crippen molar-refractivity contribution < 1.29 is 4.79 Å². The van der Waals surface area contributed by atoms with Crippen LogP contribution in [0.5, 0.6) is 0 Å². The van der Waals surface area contributed by atoms with E-state index in [0.717, 1.165) is 28.0 Å². The maximum Gasteiger partial charge on any atom is 0.225 e. The number of rotatable bonds is 2. The van der Waals surface area contributed by atoms with E-state index in [9.17, 15) is 4.79 Å². The number of benzene rings is 2. The number of nitrogens with zero attached hydrogens (tertiary/aromatic N) is 3. The second kappa shape index (κ2) is 5.19. The molecule has 0 fully saturated rings. The number of amides is 1. The summed E-state index contributed by atoms with van der Waals surface area (Å²) in [6.45, 7) is 4.29. The molecule has 1 N–H and O–H groups in total. The summed E-state index contributed by atoms with van der Waals surface area (Å²) in [5.41, 5.74) is 4.64. The minimum absolute atomic E-state index is 0.0750. The Kier molecular flexibility index (Phi) is 3.15. The van der Waals surface area contributed by atoms with E-state index in [1.807, 2.05) is 42.5 Å². The Labute approximate surface area is 134 Å². The summed E-state index contributed by atoms with van der Waals surface area (Å²) in [6, 6.07) is 13.7. The summed E-state index contributed by atoms with van der Waals surface area (Å²) in [4.78, 5) is 13.6. The number of aromatic nitrogens is 3. The molecule has 0 unspecified atom stereocenters. The molecule has 1 aliphatic heterocycles. The third kappa shape index (κ3) is 2.29. The minimum Gasteiger partial charge on any atom is -0.326 e. The molecule has 116 valence electrons. The molecule has 0 saturated heterocycles. The molecule has 5 nitrogen and oxygen atoms in total. The third-order valence-electron chi connectivity index (χ3n) is 4.44. The van der Waals surface area contributed by atoms with Crippen LogP contribution >= 0.6 is 0 Å². The van der Waals surface area contributed by atoms with Crippen LogP contribution in [-0.4, -0.2) is 20.9 Å². The zero-order chi connectivity index (χ0) is 16.0. The van der Waals surface area contributed by atoms with Crippen LogP contribution in [-0.2, 0) is 4.79 Å². The van der Waals surface area contributed by atoms with Gasteiger partial charge in [0.25, 0.3) is 0 Å². The molecule has 2 heterocycles. The van der Waals surface area contributed by atoms with E-state index in [0.29, 0.717) is 12.3 Å². The summed E-state index contributed by atoms with van der Waals surface area (Å²) < 4.78 is 0. The first kappa shape index (κ1) is 13.9. The summed E-state index contributed by atoms with van der Waals surface area (Å²) >= 11 is 0. The summed E-state index contributed by atoms with van der Waals surface area (Å²) in [6.07, 6.45) is 0.502. The van der Waals surface area contributed by atoms with Gasteiger partial charge in [-0.05, 0) is 36.1 Å². The maximum absolute atomic E-state index is 12.0. The lowest BCUT2D eigenvalue weighted by atomic mass is 9.81. The molecule has 1 atom stereocenters. The molecule has 0 saturated carbocycles. The minimum atomic E-state index is 0.0750. The highest BCUT2D eigenvalue weighted by molar-refractivity contribution is 5.99. The van der Waals surface area contributed by atoms with Crippen LogP contribution < -0.4 is 5.32 Å². The molecule has 2 aromatic carbocycles. The van der Waals surface area contributed by atoms with Crippen LogP contribution in [0.4, 0.5) is 5.69 Å². The van der Waals surface area contributed by atoms with Gasteiger partial charge < -0.3 is 5.32 Å². The second-order valence-electron chi connectivity index (χ2n) is 6.32. The Bertz CT molecular complexity index is 883. The Balaban J connectivity index is 1.93. The number of carbonyl (C=O) groups excluding carboxylic acids is 1. The first-order valence-corrected chi connectivity index (χ1v) is 7.88. The van der Waals surface area contributed by atoms with Gasteiger partial charge in [-0.15, -0.1) is 10.2 Å². The van der Waals surface area contributed by atoms with Crippen molar-refractivity contribution in [2.45, 2.75) is 26.2 Å². The van der Waals surface area contributed by atoms with E-state index >= 15 is 0 Å². The fourth-order valence-electron chi connectivity index (χ4n) is 3.23. The lowest BCUT2D eigenvalue weighted by Crippen LogP contribution is -2.25. The number of nitrogens with one attached hydrogen (secondary N) is 1. The lowest BCUT2D eigenvalue weighted by molar-refractivity contribution is -0.117. The molecule has 4 rings (SSSR count). The van der Waals surface area contributed by atoms with Crippen molar-refractivity contribution in [2.75, 3.05) is 5.32 Å². The zero-order valence-corrected chi connectivity index (χ0v) is 13.2. The van der Waals surface area contributed by atoms with Crippen molar-refractivity contribution >= 4 is 22.6 Å². The average Bonchev–Trinajstić information content (AvgIpc) is 2.99. The van der Waals surface area contributed by atoms with Crippen LogP contribution in [0.1, 0.15) is 31.7 Å². The summed E-state index contributed by atoms with van der Waals surface area (Å²) in [5, 5.41) is 12.3. The number of anilines is 1. The van der Waals surface area contributed by atoms with Crippen LogP contribution in [0.2, 0.25) is 0 Å². The fourth-order valence-corrected chi connectivity index (χ4v) is 3.23. The van der Waals surface area contributed by atoms with Gasteiger partial charge in [-0.1, -0.05) is 32.0 Å². The van der Waals surface area contributed by atoms with Crippen molar-refractivity contribution in [1.82, 2.24) is 15.0 Å². The van der Waals surface area contributed by atoms with E-state index in [4.69, 9.17) is 5.10 Å². The van der Waals surface area contributed by atoms with Crippen molar-refractivity contribution in [3.05, 3.63) is 48.0 Å². The van der Waals surface area contributed by atoms with E-state index in [1.165, 1.54) is 0 Å². The smallest absolute Gasteiger partial charge is 0.225 e. The highest BCUT2D eigenvalue weighted by Gasteiger charge is 2.30. The lowest BCUT2D eigenvalue weighted by Gasteiger charge is -2.28. The number of para-hydroxylation sites is 1. The maximum atomic E-state index is 12.0. The van der Waals surface area contributed by atoms with Gasteiger partial charge in [0, 0.05) is 17.7 Å². The highest BCUT2D eigenvalue weighted by Crippen LogP contribution is 2.40. The second-order valence-corrected chi connectivity index (χ2v) is 6.32. The zero-order valence-electron chi connectivity index (χ0n) is 13.2. The van der Waals surface area contributed by atoms with Gasteiger partial charge in [-0.2, -0.15) is 4.80 Å². The Morgan fingerprint density at radius 3 is 2.65 bits per heavy atom. The van der Waals surface area contributed by atoms with Crippen LogP contribution in [0.15, 0.2) is 42.5 Å². The van der Waals surface area contributed by atoms with Crippen molar-refractivity contribution in [1.29, 1.82) is 0 Å².